The molecule has 15 heavy (non-hydrogen) atoms. The van der Waals surface area contributed by atoms with E-state index >= 15 is 0 Å². The van der Waals surface area contributed by atoms with Crippen LogP contribution in [0.5, 0.6) is 0 Å². The number of nitrogens with zero attached hydrogens (tertiary/aromatic N) is 1. The van der Waals surface area contributed by atoms with Crippen molar-refractivity contribution in [1.29, 1.82) is 0 Å². The lowest BCUT2D eigenvalue weighted by Crippen LogP contribution is -2.42. The fourth-order valence-corrected chi connectivity index (χ4v) is 1.84. The number of hydrogen-bond acceptors (Lipinski definition) is 2. The first-order valence-electron chi connectivity index (χ1n) is 6.10. The molecule has 0 aromatic heterocycles. The van der Waals surface area contributed by atoms with Gasteiger partial charge in [0, 0.05) is 25.2 Å². The third-order valence-electron chi connectivity index (χ3n) is 2.69. The summed E-state index contributed by atoms with van der Waals surface area (Å²) in [7, 11) is 0. The molecule has 0 radical (unpaired) electrons. The fraction of sp³-hybridized carbons (Fsp3) is 0.846. The maximum atomic E-state index is 3.57. The van der Waals surface area contributed by atoms with E-state index in [1.165, 1.54) is 19.5 Å². The van der Waals surface area contributed by atoms with E-state index < -0.39 is 0 Å². The van der Waals surface area contributed by atoms with Crippen LogP contribution in [0.25, 0.3) is 0 Å². The van der Waals surface area contributed by atoms with Gasteiger partial charge in [0.1, 0.15) is 0 Å². The summed E-state index contributed by atoms with van der Waals surface area (Å²) in [6.07, 6.45) is 5.79. The molecule has 0 amide bonds. The van der Waals surface area contributed by atoms with Crippen molar-refractivity contribution < 1.29 is 0 Å². The van der Waals surface area contributed by atoms with Crippen LogP contribution in [0.15, 0.2) is 12.2 Å². The van der Waals surface area contributed by atoms with Crippen molar-refractivity contribution in [2.75, 3.05) is 26.2 Å². The molecule has 0 aromatic rings. The highest BCUT2D eigenvalue weighted by molar-refractivity contribution is 4.91. The second kappa shape index (κ2) is 5.66. The maximum Gasteiger partial charge on any atom is 0.0163 e. The molecule has 0 aromatic carbocycles. The molecule has 1 aliphatic rings. The highest BCUT2D eigenvalue weighted by Gasteiger charge is 2.14. The van der Waals surface area contributed by atoms with Gasteiger partial charge < -0.3 is 5.32 Å². The molecule has 1 rings (SSSR count). The second-order valence-electron chi connectivity index (χ2n) is 5.76. The summed E-state index contributed by atoms with van der Waals surface area (Å²) >= 11 is 0. The van der Waals surface area contributed by atoms with Crippen LogP contribution in [0.2, 0.25) is 0 Å². The molecule has 1 N–H and O–H groups in total. The number of nitrogens with one attached hydrogen (secondary N) is 1. The van der Waals surface area contributed by atoms with Crippen molar-refractivity contribution in [3.63, 3.8) is 0 Å². The van der Waals surface area contributed by atoms with Crippen LogP contribution in [0.3, 0.4) is 0 Å². The minimum absolute atomic E-state index is 0.246. The molecule has 0 spiro atoms. The lowest BCUT2D eigenvalue weighted by atomic mass is 10.1. The summed E-state index contributed by atoms with van der Waals surface area (Å²) < 4.78 is 0. The Hall–Kier alpha value is -0.340. The maximum absolute atomic E-state index is 3.57. The highest BCUT2D eigenvalue weighted by Crippen LogP contribution is 2.06. The zero-order valence-electron chi connectivity index (χ0n) is 10.7. The third kappa shape index (κ3) is 5.95. The van der Waals surface area contributed by atoms with Crippen molar-refractivity contribution in [3.8, 4) is 0 Å². The first-order chi connectivity index (χ1) is 6.97. The Balaban J connectivity index is 2.17. The van der Waals surface area contributed by atoms with Crippen LogP contribution in [0.1, 0.15) is 34.1 Å². The lowest BCUT2D eigenvalue weighted by molar-refractivity contribution is 0.244. The molecule has 2 heteroatoms. The van der Waals surface area contributed by atoms with E-state index in [4.69, 9.17) is 0 Å². The molecule has 1 atom stereocenters. The molecule has 0 bridgehead atoms. The van der Waals surface area contributed by atoms with E-state index in [-0.39, 0.29) is 5.54 Å². The van der Waals surface area contributed by atoms with Crippen molar-refractivity contribution in [1.82, 2.24) is 10.2 Å². The van der Waals surface area contributed by atoms with Gasteiger partial charge in [-0.25, -0.2) is 0 Å². The lowest BCUT2D eigenvalue weighted by Gasteiger charge is -2.29. The Bertz CT molecular complexity index is 203. The quantitative estimate of drug-likeness (QED) is 0.716. The van der Waals surface area contributed by atoms with E-state index in [0.717, 1.165) is 19.0 Å². The van der Waals surface area contributed by atoms with E-state index in [9.17, 15) is 0 Å². The summed E-state index contributed by atoms with van der Waals surface area (Å²) in [6.45, 7) is 13.7. The Morgan fingerprint density at radius 3 is 2.60 bits per heavy atom. The predicted octanol–water partition coefficient (Wildman–Crippen LogP) is 2.27. The van der Waals surface area contributed by atoms with E-state index in [0.29, 0.717) is 0 Å². The van der Waals surface area contributed by atoms with Gasteiger partial charge >= 0.3 is 0 Å². The third-order valence-corrected chi connectivity index (χ3v) is 2.69. The standard InChI is InChI=1S/C13H26N2/c1-12(10-14-13(2,3)4)11-15-8-6-5-7-9-15/h5-6,12,14H,7-11H2,1-4H3. The van der Waals surface area contributed by atoms with Crippen LogP contribution in [0.4, 0.5) is 0 Å². The molecule has 88 valence electrons. The minimum Gasteiger partial charge on any atom is -0.312 e. The number of rotatable bonds is 4. The first-order valence-corrected chi connectivity index (χ1v) is 6.10. The van der Waals surface area contributed by atoms with Crippen molar-refractivity contribution in [2.24, 2.45) is 5.92 Å². The SMILES string of the molecule is CC(CNC(C)(C)C)CN1CC=CCC1. The van der Waals surface area contributed by atoms with E-state index in [1.54, 1.807) is 0 Å². The molecule has 0 saturated carbocycles. The molecule has 0 saturated heterocycles. The summed E-state index contributed by atoms with van der Waals surface area (Å²) in [5.74, 6) is 0.732. The van der Waals surface area contributed by atoms with Gasteiger partial charge in [-0.05, 0) is 39.7 Å². The highest BCUT2D eigenvalue weighted by atomic mass is 15.1. The molecular weight excluding hydrogens is 184 g/mol. The molecule has 2 nitrogen and oxygen atoms in total. The molecule has 1 heterocycles. The Kier molecular flexibility index (Phi) is 4.81. The van der Waals surface area contributed by atoms with Crippen molar-refractivity contribution >= 4 is 0 Å². The van der Waals surface area contributed by atoms with E-state index in [2.05, 4.69) is 50.1 Å². The summed E-state index contributed by atoms with van der Waals surface area (Å²) in [4.78, 5) is 2.54. The van der Waals surface area contributed by atoms with Gasteiger partial charge in [-0.1, -0.05) is 19.1 Å². The largest absolute Gasteiger partial charge is 0.312 e. The summed E-state index contributed by atoms with van der Waals surface area (Å²) in [6, 6.07) is 0. The van der Waals surface area contributed by atoms with Gasteiger partial charge in [0.05, 0.1) is 0 Å². The molecule has 0 fully saturated rings. The Morgan fingerprint density at radius 2 is 2.07 bits per heavy atom. The summed E-state index contributed by atoms with van der Waals surface area (Å²) in [5.41, 5.74) is 0.246. The summed E-state index contributed by atoms with van der Waals surface area (Å²) in [5, 5.41) is 3.57. The Morgan fingerprint density at radius 1 is 1.33 bits per heavy atom. The van der Waals surface area contributed by atoms with Gasteiger partial charge in [0.2, 0.25) is 0 Å². The predicted molar refractivity (Wildman–Crippen MR) is 67.1 cm³/mol. The van der Waals surface area contributed by atoms with Crippen LogP contribution in [-0.2, 0) is 0 Å². The molecular formula is C13H26N2. The Labute approximate surface area is 94.7 Å². The number of hydrogen-bond donors (Lipinski definition) is 1. The van der Waals surface area contributed by atoms with Gasteiger partial charge in [-0.3, -0.25) is 4.90 Å². The zero-order valence-corrected chi connectivity index (χ0v) is 10.7. The smallest absolute Gasteiger partial charge is 0.0163 e. The normalized spacial score (nSPS) is 20.5. The average molecular weight is 210 g/mol. The van der Waals surface area contributed by atoms with Gasteiger partial charge in [0.25, 0.3) is 0 Å². The zero-order chi connectivity index (χ0) is 11.3. The molecule has 1 aliphatic heterocycles. The second-order valence-corrected chi connectivity index (χ2v) is 5.76. The topological polar surface area (TPSA) is 15.3 Å². The van der Waals surface area contributed by atoms with Crippen LogP contribution < -0.4 is 5.32 Å². The monoisotopic (exact) mass is 210 g/mol. The fourth-order valence-electron chi connectivity index (χ4n) is 1.84. The van der Waals surface area contributed by atoms with Crippen LogP contribution in [0, 0.1) is 5.92 Å². The van der Waals surface area contributed by atoms with E-state index in [1.807, 2.05) is 0 Å². The van der Waals surface area contributed by atoms with Crippen molar-refractivity contribution in [3.05, 3.63) is 12.2 Å². The molecule has 0 aliphatic carbocycles. The van der Waals surface area contributed by atoms with Gasteiger partial charge in [0.15, 0.2) is 0 Å². The van der Waals surface area contributed by atoms with Crippen molar-refractivity contribution in [2.45, 2.75) is 39.7 Å². The van der Waals surface area contributed by atoms with Crippen LogP contribution >= 0.6 is 0 Å². The van der Waals surface area contributed by atoms with Crippen LogP contribution in [-0.4, -0.2) is 36.6 Å². The first kappa shape index (κ1) is 12.7. The van der Waals surface area contributed by atoms with Gasteiger partial charge in [-0.15, -0.1) is 0 Å². The average Bonchev–Trinajstić information content (AvgIpc) is 2.15. The van der Waals surface area contributed by atoms with Gasteiger partial charge in [-0.2, -0.15) is 0 Å². The molecule has 1 unspecified atom stereocenters. The minimum atomic E-state index is 0.246.